The van der Waals surface area contributed by atoms with Crippen molar-refractivity contribution in [3.8, 4) is 5.75 Å². The van der Waals surface area contributed by atoms with Gasteiger partial charge in [-0.05, 0) is 48.9 Å². The van der Waals surface area contributed by atoms with E-state index in [0.29, 0.717) is 26.2 Å². The number of hydrogen-bond donors (Lipinski definition) is 0. The molecule has 0 bridgehead atoms. The van der Waals surface area contributed by atoms with Crippen LogP contribution in [0.1, 0.15) is 35.0 Å². The molecule has 0 N–H and O–H groups in total. The Hall–Kier alpha value is -2.34. The summed E-state index contributed by atoms with van der Waals surface area (Å²) in [5.41, 5.74) is 1.08. The number of likely N-dealkylation sites (tertiary alicyclic amines) is 1. The Balaban J connectivity index is 1.50. The predicted molar refractivity (Wildman–Crippen MR) is 107 cm³/mol. The Kier molecular flexibility index (Phi) is 6.50. The number of carbonyl (C=O) groups excluding carboxylic acids is 2. The van der Waals surface area contributed by atoms with Crippen LogP contribution in [0.3, 0.4) is 0 Å². The van der Waals surface area contributed by atoms with E-state index in [9.17, 15) is 9.59 Å². The Morgan fingerprint density at radius 3 is 2.48 bits per heavy atom. The molecular formula is C21H26N2O3S. The van der Waals surface area contributed by atoms with Gasteiger partial charge in [-0.2, -0.15) is 0 Å². The van der Waals surface area contributed by atoms with Gasteiger partial charge in [-0.3, -0.25) is 9.59 Å². The Morgan fingerprint density at radius 1 is 1.19 bits per heavy atom. The van der Waals surface area contributed by atoms with Crippen molar-refractivity contribution in [2.75, 3.05) is 26.7 Å². The highest BCUT2D eigenvalue weighted by Gasteiger charge is 2.29. The van der Waals surface area contributed by atoms with Crippen LogP contribution in [0.2, 0.25) is 0 Å². The molecule has 0 unspecified atom stereocenters. The minimum absolute atomic E-state index is 0.00918. The van der Waals surface area contributed by atoms with Crippen molar-refractivity contribution in [2.45, 2.75) is 26.3 Å². The van der Waals surface area contributed by atoms with Gasteiger partial charge < -0.3 is 14.5 Å². The van der Waals surface area contributed by atoms with Crippen molar-refractivity contribution in [3.63, 3.8) is 0 Å². The predicted octanol–water partition coefficient (Wildman–Crippen LogP) is 3.66. The zero-order valence-electron chi connectivity index (χ0n) is 15.9. The van der Waals surface area contributed by atoms with Gasteiger partial charge in [-0.15, -0.1) is 11.3 Å². The van der Waals surface area contributed by atoms with E-state index in [1.807, 2.05) is 60.6 Å². The second-order valence-corrected chi connectivity index (χ2v) is 7.76. The summed E-state index contributed by atoms with van der Waals surface area (Å²) in [7, 11) is 1.85. The fraction of sp³-hybridized carbons (Fsp3) is 0.429. The monoisotopic (exact) mass is 386 g/mol. The fourth-order valence-corrected chi connectivity index (χ4v) is 4.10. The third-order valence-electron chi connectivity index (χ3n) is 4.89. The number of ether oxygens (including phenoxy) is 1. The van der Waals surface area contributed by atoms with Crippen molar-refractivity contribution < 1.29 is 14.3 Å². The summed E-state index contributed by atoms with van der Waals surface area (Å²) in [6.45, 7) is 4.47. The fourth-order valence-electron chi connectivity index (χ4n) is 3.41. The summed E-state index contributed by atoms with van der Waals surface area (Å²) >= 11 is 1.47. The quantitative estimate of drug-likeness (QED) is 0.761. The molecule has 0 saturated carbocycles. The molecule has 1 aromatic carbocycles. The molecule has 0 aliphatic carbocycles. The number of carbonyl (C=O) groups is 2. The molecule has 0 radical (unpaired) electrons. The molecule has 1 aromatic heterocycles. The lowest BCUT2D eigenvalue weighted by molar-refractivity contribution is -0.136. The van der Waals surface area contributed by atoms with Crippen molar-refractivity contribution in [1.29, 1.82) is 0 Å². The Morgan fingerprint density at radius 2 is 1.89 bits per heavy atom. The molecule has 1 aliphatic heterocycles. The number of hydrogen-bond acceptors (Lipinski definition) is 4. The number of thiophene rings is 1. The topological polar surface area (TPSA) is 49.9 Å². The highest BCUT2D eigenvalue weighted by molar-refractivity contribution is 7.12. The first-order valence-electron chi connectivity index (χ1n) is 9.38. The number of piperidine rings is 1. The van der Waals surface area contributed by atoms with Crippen LogP contribution in [-0.4, -0.2) is 48.4 Å². The third kappa shape index (κ3) is 4.89. The highest BCUT2D eigenvalue weighted by Crippen LogP contribution is 2.23. The molecular weight excluding hydrogens is 360 g/mol. The summed E-state index contributed by atoms with van der Waals surface area (Å²) in [4.78, 5) is 29.6. The molecule has 2 heterocycles. The Labute approximate surface area is 164 Å². The number of amides is 2. The zero-order chi connectivity index (χ0) is 19.2. The highest BCUT2D eigenvalue weighted by atomic mass is 32.1. The average Bonchev–Trinajstić information content (AvgIpc) is 3.23. The van der Waals surface area contributed by atoms with Crippen LogP contribution in [0.4, 0.5) is 0 Å². The molecule has 27 heavy (non-hydrogen) atoms. The number of nitrogens with zero attached hydrogens (tertiary/aromatic N) is 2. The van der Waals surface area contributed by atoms with Crippen LogP contribution < -0.4 is 4.74 Å². The summed E-state index contributed by atoms with van der Waals surface area (Å²) in [5, 5.41) is 1.92. The summed E-state index contributed by atoms with van der Waals surface area (Å²) in [6, 6.07) is 11.6. The van der Waals surface area contributed by atoms with Gasteiger partial charge in [0.25, 0.3) is 5.91 Å². The smallest absolute Gasteiger partial charge is 0.263 e. The van der Waals surface area contributed by atoms with E-state index >= 15 is 0 Å². The second-order valence-electron chi connectivity index (χ2n) is 6.82. The van der Waals surface area contributed by atoms with E-state index in [4.69, 9.17) is 4.74 Å². The normalized spacial score (nSPS) is 14.8. The molecule has 5 nitrogen and oxygen atoms in total. The van der Waals surface area contributed by atoms with Gasteiger partial charge in [0, 0.05) is 32.6 Å². The Bertz CT molecular complexity index is 750. The van der Waals surface area contributed by atoms with Crippen LogP contribution in [0.5, 0.6) is 5.75 Å². The van der Waals surface area contributed by atoms with Gasteiger partial charge in [0.1, 0.15) is 5.75 Å². The first-order valence-corrected chi connectivity index (χ1v) is 10.3. The van der Waals surface area contributed by atoms with Gasteiger partial charge in [-0.1, -0.05) is 18.2 Å². The molecule has 2 aromatic rings. The van der Waals surface area contributed by atoms with Gasteiger partial charge in [0.2, 0.25) is 5.91 Å². The van der Waals surface area contributed by atoms with Crippen molar-refractivity contribution in [2.24, 2.45) is 5.92 Å². The van der Waals surface area contributed by atoms with Crippen LogP contribution in [-0.2, 0) is 11.3 Å². The third-order valence-corrected chi connectivity index (χ3v) is 5.75. The van der Waals surface area contributed by atoms with E-state index in [0.717, 1.165) is 29.0 Å². The molecule has 1 aliphatic rings. The first-order chi connectivity index (χ1) is 13.1. The van der Waals surface area contributed by atoms with Gasteiger partial charge in [0.15, 0.2) is 0 Å². The maximum absolute atomic E-state index is 12.8. The van der Waals surface area contributed by atoms with Gasteiger partial charge >= 0.3 is 0 Å². The van der Waals surface area contributed by atoms with E-state index in [1.54, 1.807) is 4.90 Å². The summed E-state index contributed by atoms with van der Waals surface area (Å²) < 4.78 is 5.45. The minimum Gasteiger partial charge on any atom is -0.494 e. The average molecular weight is 387 g/mol. The van der Waals surface area contributed by atoms with E-state index in [-0.39, 0.29) is 17.7 Å². The van der Waals surface area contributed by atoms with E-state index in [1.165, 1.54) is 11.3 Å². The van der Waals surface area contributed by atoms with Crippen molar-refractivity contribution in [1.82, 2.24) is 9.80 Å². The van der Waals surface area contributed by atoms with Crippen LogP contribution >= 0.6 is 11.3 Å². The molecule has 2 amide bonds. The standard InChI is InChI=1S/C21H26N2O3S/c1-3-26-18-8-6-16(7-9-18)15-22(2)20(24)17-10-12-23(13-11-17)21(25)19-5-4-14-27-19/h4-9,14,17H,3,10-13,15H2,1-2H3. The van der Waals surface area contributed by atoms with Crippen molar-refractivity contribution >= 4 is 23.2 Å². The maximum Gasteiger partial charge on any atom is 0.263 e. The summed E-state index contributed by atoms with van der Waals surface area (Å²) in [6.07, 6.45) is 1.45. The van der Waals surface area contributed by atoms with Crippen molar-refractivity contribution in [3.05, 3.63) is 52.2 Å². The van der Waals surface area contributed by atoms with E-state index < -0.39 is 0 Å². The van der Waals surface area contributed by atoms with Gasteiger partial charge in [0.05, 0.1) is 11.5 Å². The minimum atomic E-state index is -0.00918. The molecule has 6 heteroatoms. The maximum atomic E-state index is 12.8. The SMILES string of the molecule is CCOc1ccc(CN(C)C(=O)C2CCN(C(=O)c3cccs3)CC2)cc1. The number of benzene rings is 1. The number of rotatable bonds is 6. The summed E-state index contributed by atoms with van der Waals surface area (Å²) in [5.74, 6) is 1.08. The lowest BCUT2D eigenvalue weighted by Gasteiger charge is -2.33. The molecule has 3 rings (SSSR count). The van der Waals surface area contributed by atoms with E-state index in [2.05, 4.69) is 0 Å². The molecule has 0 atom stereocenters. The van der Waals surface area contributed by atoms with Crippen LogP contribution in [0, 0.1) is 5.92 Å². The molecule has 0 spiro atoms. The molecule has 1 fully saturated rings. The van der Waals surface area contributed by atoms with Gasteiger partial charge in [-0.25, -0.2) is 0 Å². The largest absolute Gasteiger partial charge is 0.494 e. The molecule has 144 valence electrons. The second kappa shape index (κ2) is 9.04. The lowest BCUT2D eigenvalue weighted by atomic mass is 9.95. The lowest BCUT2D eigenvalue weighted by Crippen LogP contribution is -2.43. The van der Waals surface area contributed by atoms with Crippen LogP contribution in [0.15, 0.2) is 41.8 Å². The van der Waals surface area contributed by atoms with Crippen LogP contribution in [0.25, 0.3) is 0 Å². The molecule has 1 saturated heterocycles. The first kappa shape index (κ1) is 19.4. The zero-order valence-corrected chi connectivity index (χ0v) is 16.7.